The van der Waals surface area contributed by atoms with Crippen molar-refractivity contribution >= 4 is 21.6 Å². The van der Waals surface area contributed by atoms with E-state index in [1.54, 1.807) is 12.3 Å². The molecule has 2 N–H and O–H groups in total. The molecule has 1 aliphatic carbocycles. The van der Waals surface area contributed by atoms with Gasteiger partial charge in [0, 0.05) is 12.0 Å². The molecular weight excluding hydrogens is 334 g/mol. The first kappa shape index (κ1) is 16.2. The number of aliphatic hydroxyl groups is 1. The van der Waals surface area contributed by atoms with Gasteiger partial charge in [0.25, 0.3) is 5.56 Å². The molecule has 0 aromatic carbocycles. The number of rotatable bonds is 6. The highest BCUT2D eigenvalue weighted by molar-refractivity contribution is 9.10. The third-order valence-electron chi connectivity index (χ3n) is 4.19. The predicted molar refractivity (Wildman–Crippen MR) is 87.5 cm³/mol. The summed E-state index contributed by atoms with van der Waals surface area (Å²) < 4.78 is 1.83. The molecule has 1 aliphatic rings. The zero-order chi connectivity index (χ0) is 15.3. The highest BCUT2D eigenvalue weighted by Gasteiger charge is 2.31. The SMILES string of the molecule is C=CCn1ncc(NCC2(CO)CCCCC2)c(Br)c1=O. The van der Waals surface area contributed by atoms with E-state index in [4.69, 9.17) is 0 Å². The van der Waals surface area contributed by atoms with Gasteiger partial charge in [-0.2, -0.15) is 5.10 Å². The fourth-order valence-electron chi connectivity index (χ4n) is 2.82. The first-order valence-electron chi connectivity index (χ1n) is 7.33. The van der Waals surface area contributed by atoms with Crippen LogP contribution in [0.25, 0.3) is 0 Å². The van der Waals surface area contributed by atoms with Crippen molar-refractivity contribution in [2.45, 2.75) is 38.6 Å². The van der Waals surface area contributed by atoms with Crippen LogP contribution in [0.5, 0.6) is 0 Å². The maximum Gasteiger partial charge on any atom is 0.283 e. The Morgan fingerprint density at radius 1 is 1.48 bits per heavy atom. The number of aromatic nitrogens is 2. The highest BCUT2D eigenvalue weighted by atomic mass is 79.9. The molecule has 1 saturated carbocycles. The molecule has 0 bridgehead atoms. The summed E-state index contributed by atoms with van der Waals surface area (Å²) in [6.45, 7) is 4.84. The molecule has 0 atom stereocenters. The average molecular weight is 356 g/mol. The summed E-state index contributed by atoms with van der Waals surface area (Å²) in [6, 6.07) is 0. The van der Waals surface area contributed by atoms with Crippen LogP contribution in [0.1, 0.15) is 32.1 Å². The maximum atomic E-state index is 12.1. The second-order valence-electron chi connectivity index (χ2n) is 5.72. The summed E-state index contributed by atoms with van der Waals surface area (Å²) in [5.41, 5.74) is 0.425. The number of halogens is 1. The van der Waals surface area contributed by atoms with E-state index in [0.29, 0.717) is 23.2 Å². The number of nitrogens with one attached hydrogen (secondary N) is 1. The summed E-state index contributed by atoms with van der Waals surface area (Å²) in [5.74, 6) is 0. The first-order valence-corrected chi connectivity index (χ1v) is 8.12. The number of hydrogen-bond donors (Lipinski definition) is 2. The van der Waals surface area contributed by atoms with Crippen LogP contribution < -0.4 is 10.9 Å². The van der Waals surface area contributed by atoms with Crippen molar-refractivity contribution in [2.24, 2.45) is 5.41 Å². The van der Waals surface area contributed by atoms with Gasteiger partial charge in [-0.3, -0.25) is 4.79 Å². The Bertz CT molecular complexity index is 550. The molecule has 21 heavy (non-hydrogen) atoms. The Balaban J connectivity index is 2.11. The van der Waals surface area contributed by atoms with Crippen molar-refractivity contribution in [3.8, 4) is 0 Å². The van der Waals surface area contributed by atoms with Crippen molar-refractivity contribution in [2.75, 3.05) is 18.5 Å². The molecule has 116 valence electrons. The van der Waals surface area contributed by atoms with Gasteiger partial charge in [0.1, 0.15) is 4.47 Å². The van der Waals surface area contributed by atoms with Crippen LogP contribution in [0.2, 0.25) is 0 Å². The van der Waals surface area contributed by atoms with Crippen molar-refractivity contribution in [1.82, 2.24) is 9.78 Å². The summed E-state index contributed by atoms with van der Waals surface area (Å²) in [6.07, 6.45) is 8.87. The Morgan fingerprint density at radius 3 is 2.81 bits per heavy atom. The molecule has 6 heteroatoms. The maximum absolute atomic E-state index is 12.1. The third kappa shape index (κ3) is 3.74. The fraction of sp³-hybridized carbons (Fsp3) is 0.600. The molecule has 0 unspecified atom stereocenters. The standard InChI is InChI=1S/C15H22BrN3O2/c1-2-8-19-14(21)13(16)12(9-18-19)17-10-15(11-20)6-4-3-5-7-15/h2,9,17,20H,1,3-8,10-11H2. The third-order valence-corrected chi connectivity index (χ3v) is 4.96. The molecule has 0 radical (unpaired) electrons. The second kappa shape index (κ2) is 7.22. The molecule has 0 amide bonds. The van der Waals surface area contributed by atoms with Gasteiger partial charge < -0.3 is 10.4 Å². The van der Waals surface area contributed by atoms with E-state index in [2.05, 4.69) is 32.9 Å². The summed E-state index contributed by atoms with van der Waals surface area (Å²) in [7, 11) is 0. The zero-order valence-corrected chi connectivity index (χ0v) is 13.7. The van der Waals surface area contributed by atoms with Crippen molar-refractivity contribution in [3.63, 3.8) is 0 Å². The van der Waals surface area contributed by atoms with Gasteiger partial charge in [-0.1, -0.05) is 25.3 Å². The Kier molecular flexibility index (Phi) is 5.58. The fourth-order valence-corrected chi connectivity index (χ4v) is 3.26. The van der Waals surface area contributed by atoms with E-state index in [-0.39, 0.29) is 17.6 Å². The van der Waals surface area contributed by atoms with Crippen LogP contribution in [0.3, 0.4) is 0 Å². The lowest BCUT2D eigenvalue weighted by Crippen LogP contribution is -2.36. The Morgan fingerprint density at radius 2 is 2.19 bits per heavy atom. The lowest BCUT2D eigenvalue weighted by atomic mass is 9.74. The molecule has 0 aliphatic heterocycles. The van der Waals surface area contributed by atoms with Crippen LogP contribution in [0.15, 0.2) is 28.1 Å². The van der Waals surface area contributed by atoms with Crippen molar-refractivity contribution < 1.29 is 5.11 Å². The largest absolute Gasteiger partial charge is 0.396 e. The van der Waals surface area contributed by atoms with Crippen molar-refractivity contribution in [1.29, 1.82) is 0 Å². The number of hydrogen-bond acceptors (Lipinski definition) is 4. The normalized spacial score (nSPS) is 17.4. The summed E-state index contributed by atoms with van der Waals surface area (Å²) >= 11 is 3.33. The Hall–Kier alpha value is -1.14. The number of nitrogens with zero attached hydrogens (tertiary/aromatic N) is 2. The van der Waals surface area contributed by atoms with E-state index >= 15 is 0 Å². The van der Waals surface area contributed by atoms with E-state index < -0.39 is 0 Å². The van der Waals surface area contributed by atoms with E-state index in [9.17, 15) is 9.90 Å². The van der Waals surface area contributed by atoms with E-state index in [1.165, 1.54) is 11.1 Å². The van der Waals surface area contributed by atoms with Crippen molar-refractivity contribution in [3.05, 3.63) is 33.7 Å². The van der Waals surface area contributed by atoms with Gasteiger partial charge in [0.05, 0.1) is 25.0 Å². The van der Waals surface area contributed by atoms with Gasteiger partial charge in [0.2, 0.25) is 0 Å². The zero-order valence-electron chi connectivity index (χ0n) is 12.1. The molecule has 0 saturated heterocycles. The van der Waals surface area contributed by atoms with Crippen LogP contribution in [0, 0.1) is 5.41 Å². The second-order valence-corrected chi connectivity index (χ2v) is 6.51. The van der Waals surface area contributed by atoms with Crippen LogP contribution in [-0.4, -0.2) is 28.0 Å². The number of allylic oxidation sites excluding steroid dienone is 1. The minimum Gasteiger partial charge on any atom is -0.396 e. The first-order chi connectivity index (χ1) is 10.1. The average Bonchev–Trinajstić information content (AvgIpc) is 2.52. The van der Waals surface area contributed by atoms with Gasteiger partial charge in [-0.05, 0) is 28.8 Å². The van der Waals surface area contributed by atoms with Gasteiger partial charge in [0.15, 0.2) is 0 Å². The van der Waals surface area contributed by atoms with Crippen LogP contribution in [0.4, 0.5) is 5.69 Å². The number of anilines is 1. The van der Waals surface area contributed by atoms with Gasteiger partial charge in [-0.15, -0.1) is 6.58 Å². The summed E-state index contributed by atoms with van der Waals surface area (Å²) in [5, 5.41) is 17.1. The van der Waals surface area contributed by atoms with E-state index in [0.717, 1.165) is 25.7 Å². The quantitative estimate of drug-likeness (QED) is 0.769. The van der Waals surface area contributed by atoms with Crippen LogP contribution >= 0.6 is 15.9 Å². The molecule has 5 nitrogen and oxygen atoms in total. The molecule has 1 fully saturated rings. The number of aliphatic hydroxyl groups excluding tert-OH is 1. The lowest BCUT2D eigenvalue weighted by Gasteiger charge is -2.36. The van der Waals surface area contributed by atoms with Gasteiger partial charge >= 0.3 is 0 Å². The summed E-state index contributed by atoms with van der Waals surface area (Å²) in [4.78, 5) is 12.1. The topological polar surface area (TPSA) is 67.2 Å². The lowest BCUT2D eigenvalue weighted by molar-refractivity contribution is 0.0944. The minimum absolute atomic E-state index is 0.0757. The molecule has 0 spiro atoms. The predicted octanol–water partition coefficient (Wildman–Crippen LogP) is 2.55. The monoisotopic (exact) mass is 355 g/mol. The molecule has 2 rings (SSSR count). The molecule has 1 aromatic heterocycles. The van der Waals surface area contributed by atoms with Crippen LogP contribution in [-0.2, 0) is 6.54 Å². The smallest absolute Gasteiger partial charge is 0.283 e. The van der Waals surface area contributed by atoms with E-state index in [1.807, 2.05) is 0 Å². The molecule has 1 aromatic rings. The minimum atomic E-state index is -0.179. The molecular formula is C15H22BrN3O2. The highest BCUT2D eigenvalue weighted by Crippen LogP contribution is 2.36. The molecule has 1 heterocycles. The van der Waals surface area contributed by atoms with Gasteiger partial charge in [-0.25, -0.2) is 4.68 Å². The Labute approximate surface area is 133 Å².